The number of carboxylic acids is 1. The zero-order chi connectivity index (χ0) is 15.5. The van der Waals surface area contributed by atoms with E-state index in [9.17, 15) is 14.4 Å². The fourth-order valence-corrected chi connectivity index (χ4v) is 1.57. The number of hydrogen-bond donors (Lipinski definition) is 2. The minimum absolute atomic E-state index is 0.0411. The number of carboxylic acid groups (broad SMARTS) is 1. The number of hydrogen-bond acceptors (Lipinski definition) is 4. The summed E-state index contributed by atoms with van der Waals surface area (Å²) in [6.07, 6.45) is -0.170. The first kappa shape index (κ1) is 15.7. The van der Waals surface area contributed by atoms with Crippen LogP contribution < -0.4 is 5.32 Å². The summed E-state index contributed by atoms with van der Waals surface area (Å²) >= 11 is 0. The SMILES string of the molecule is Cc1c(C=O)cc(NC(=O)OC(C)(C)C)cc1C(=O)O. The van der Waals surface area contributed by atoms with Gasteiger partial charge >= 0.3 is 12.1 Å². The standard InChI is InChI=1S/C14H17NO5/c1-8-9(7-16)5-10(6-11(8)12(17)18)15-13(19)20-14(2,3)4/h5-7H,1-4H3,(H,15,19)(H,17,18). The van der Waals surface area contributed by atoms with E-state index < -0.39 is 17.7 Å². The van der Waals surface area contributed by atoms with Crippen LogP contribution in [0.3, 0.4) is 0 Å². The summed E-state index contributed by atoms with van der Waals surface area (Å²) in [6.45, 7) is 6.66. The maximum Gasteiger partial charge on any atom is 0.412 e. The van der Waals surface area contributed by atoms with Crippen molar-refractivity contribution in [1.82, 2.24) is 0 Å². The lowest BCUT2D eigenvalue weighted by Crippen LogP contribution is -2.27. The zero-order valence-corrected chi connectivity index (χ0v) is 11.8. The third kappa shape index (κ3) is 4.08. The number of nitrogens with one attached hydrogen (secondary N) is 1. The van der Waals surface area contributed by atoms with Crippen molar-refractivity contribution >= 4 is 24.0 Å². The number of benzene rings is 1. The normalized spacial score (nSPS) is 10.8. The van der Waals surface area contributed by atoms with Gasteiger partial charge in [0, 0.05) is 11.3 Å². The van der Waals surface area contributed by atoms with E-state index in [0.717, 1.165) is 0 Å². The molecule has 0 aliphatic heterocycles. The fraction of sp³-hybridized carbons (Fsp3) is 0.357. The first-order chi connectivity index (χ1) is 9.14. The summed E-state index contributed by atoms with van der Waals surface area (Å²) in [5, 5.41) is 11.5. The van der Waals surface area contributed by atoms with Gasteiger partial charge in [0.15, 0.2) is 0 Å². The number of amides is 1. The van der Waals surface area contributed by atoms with Crippen LogP contribution in [-0.4, -0.2) is 29.1 Å². The Bertz CT molecular complexity index is 557. The van der Waals surface area contributed by atoms with Crippen molar-refractivity contribution in [1.29, 1.82) is 0 Å². The molecule has 0 bridgehead atoms. The lowest BCUT2D eigenvalue weighted by atomic mass is 10.0. The monoisotopic (exact) mass is 279 g/mol. The van der Waals surface area contributed by atoms with Crippen molar-refractivity contribution in [2.24, 2.45) is 0 Å². The first-order valence-corrected chi connectivity index (χ1v) is 5.97. The van der Waals surface area contributed by atoms with E-state index in [4.69, 9.17) is 9.84 Å². The molecule has 0 atom stereocenters. The Hall–Kier alpha value is -2.37. The molecule has 0 aliphatic carbocycles. The van der Waals surface area contributed by atoms with Crippen LogP contribution in [0, 0.1) is 6.92 Å². The lowest BCUT2D eigenvalue weighted by Gasteiger charge is -2.20. The number of aldehydes is 1. The van der Waals surface area contributed by atoms with Crippen LogP contribution in [0.5, 0.6) is 0 Å². The minimum atomic E-state index is -1.17. The molecular weight excluding hydrogens is 262 g/mol. The van der Waals surface area contributed by atoms with Gasteiger partial charge in [-0.25, -0.2) is 9.59 Å². The van der Waals surface area contributed by atoms with Gasteiger partial charge in [-0.1, -0.05) is 0 Å². The molecular formula is C14H17NO5. The summed E-state index contributed by atoms with van der Waals surface area (Å²) in [5.74, 6) is -1.17. The molecule has 0 aromatic heterocycles. The molecule has 0 radical (unpaired) electrons. The summed E-state index contributed by atoms with van der Waals surface area (Å²) < 4.78 is 5.06. The predicted molar refractivity (Wildman–Crippen MR) is 73.4 cm³/mol. The van der Waals surface area contributed by atoms with Gasteiger partial charge in [-0.3, -0.25) is 10.1 Å². The average Bonchev–Trinajstić information content (AvgIpc) is 2.28. The Balaban J connectivity index is 3.08. The topological polar surface area (TPSA) is 92.7 Å². The van der Waals surface area contributed by atoms with Crippen LogP contribution in [-0.2, 0) is 4.74 Å². The van der Waals surface area contributed by atoms with Crippen molar-refractivity contribution < 1.29 is 24.2 Å². The molecule has 6 heteroatoms. The molecule has 0 saturated carbocycles. The van der Waals surface area contributed by atoms with Crippen molar-refractivity contribution in [3.63, 3.8) is 0 Å². The smallest absolute Gasteiger partial charge is 0.412 e. The van der Waals surface area contributed by atoms with Crippen molar-refractivity contribution in [3.8, 4) is 0 Å². The van der Waals surface area contributed by atoms with E-state index in [1.807, 2.05) is 0 Å². The Kier molecular flexibility index (Phi) is 4.49. The number of ether oxygens (including phenoxy) is 1. The van der Waals surface area contributed by atoms with Gasteiger partial charge in [-0.2, -0.15) is 0 Å². The highest BCUT2D eigenvalue weighted by Crippen LogP contribution is 2.20. The Labute approximate surface area is 116 Å². The quantitative estimate of drug-likeness (QED) is 0.830. The summed E-state index contributed by atoms with van der Waals surface area (Å²) in [5.41, 5.74) is 0.0425. The highest BCUT2D eigenvalue weighted by atomic mass is 16.6. The minimum Gasteiger partial charge on any atom is -0.478 e. The highest BCUT2D eigenvalue weighted by Gasteiger charge is 2.18. The molecule has 0 fully saturated rings. The largest absolute Gasteiger partial charge is 0.478 e. The van der Waals surface area contributed by atoms with E-state index in [-0.39, 0.29) is 16.8 Å². The molecule has 6 nitrogen and oxygen atoms in total. The first-order valence-electron chi connectivity index (χ1n) is 5.97. The van der Waals surface area contributed by atoms with Gasteiger partial charge in [-0.15, -0.1) is 0 Å². The summed E-state index contributed by atoms with van der Waals surface area (Å²) in [4.78, 5) is 33.7. The van der Waals surface area contributed by atoms with Crippen LogP contribution in [0.1, 0.15) is 47.1 Å². The molecule has 2 N–H and O–H groups in total. The van der Waals surface area contributed by atoms with Crippen LogP contribution in [0.4, 0.5) is 10.5 Å². The van der Waals surface area contributed by atoms with E-state index in [0.29, 0.717) is 11.8 Å². The average molecular weight is 279 g/mol. The van der Waals surface area contributed by atoms with Crippen LogP contribution in [0.2, 0.25) is 0 Å². The lowest BCUT2D eigenvalue weighted by molar-refractivity contribution is 0.0632. The second-order valence-electron chi connectivity index (χ2n) is 5.29. The third-order valence-electron chi connectivity index (χ3n) is 2.45. The zero-order valence-electron chi connectivity index (χ0n) is 11.8. The van der Waals surface area contributed by atoms with Gasteiger partial charge in [0.2, 0.25) is 0 Å². The number of carbonyl (C=O) groups excluding carboxylic acids is 2. The highest BCUT2D eigenvalue weighted by molar-refractivity contribution is 5.96. The predicted octanol–water partition coefficient (Wildman–Crippen LogP) is 2.85. The van der Waals surface area contributed by atoms with Gasteiger partial charge in [0.1, 0.15) is 11.9 Å². The van der Waals surface area contributed by atoms with Gasteiger partial charge in [-0.05, 0) is 45.4 Å². The number of anilines is 1. The molecule has 0 heterocycles. The molecule has 1 aromatic rings. The van der Waals surface area contributed by atoms with Crippen molar-refractivity contribution in [2.45, 2.75) is 33.3 Å². The van der Waals surface area contributed by atoms with Crippen molar-refractivity contribution in [2.75, 3.05) is 5.32 Å². The maximum atomic E-state index is 11.6. The third-order valence-corrected chi connectivity index (χ3v) is 2.45. The molecule has 108 valence electrons. The number of aromatic carboxylic acids is 1. The van der Waals surface area contributed by atoms with Crippen molar-refractivity contribution in [3.05, 3.63) is 28.8 Å². The van der Waals surface area contributed by atoms with Gasteiger partial charge < -0.3 is 9.84 Å². The summed E-state index contributed by atoms with van der Waals surface area (Å²) in [6, 6.07) is 2.69. The molecule has 1 rings (SSSR count). The Morgan fingerprint density at radius 2 is 1.90 bits per heavy atom. The maximum absolute atomic E-state index is 11.6. The van der Waals surface area contributed by atoms with E-state index in [1.54, 1.807) is 20.8 Å². The van der Waals surface area contributed by atoms with Gasteiger partial charge in [0.05, 0.1) is 5.56 Å². The second kappa shape index (κ2) is 5.73. The molecule has 20 heavy (non-hydrogen) atoms. The molecule has 1 amide bonds. The molecule has 1 aromatic carbocycles. The van der Waals surface area contributed by atoms with Crippen LogP contribution in [0.15, 0.2) is 12.1 Å². The Morgan fingerprint density at radius 3 is 2.35 bits per heavy atom. The summed E-state index contributed by atoms with van der Waals surface area (Å²) in [7, 11) is 0. The number of rotatable bonds is 3. The Morgan fingerprint density at radius 1 is 1.30 bits per heavy atom. The molecule has 0 aliphatic rings. The second-order valence-corrected chi connectivity index (χ2v) is 5.29. The molecule has 0 spiro atoms. The van der Waals surface area contributed by atoms with E-state index in [1.165, 1.54) is 19.1 Å². The van der Waals surface area contributed by atoms with Crippen LogP contribution >= 0.6 is 0 Å². The van der Waals surface area contributed by atoms with E-state index >= 15 is 0 Å². The number of carbonyl (C=O) groups is 3. The molecule has 0 saturated heterocycles. The van der Waals surface area contributed by atoms with Crippen LogP contribution in [0.25, 0.3) is 0 Å². The molecule has 0 unspecified atom stereocenters. The van der Waals surface area contributed by atoms with E-state index in [2.05, 4.69) is 5.32 Å². The fourth-order valence-electron chi connectivity index (χ4n) is 1.57. The van der Waals surface area contributed by atoms with Gasteiger partial charge in [0.25, 0.3) is 0 Å².